The molecule has 0 bridgehead atoms. The first kappa shape index (κ1) is 17.7. The average molecular weight is 380 g/mol. The fraction of sp³-hybridized carbons (Fsp3) is 0.125. The van der Waals surface area contributed by atoms with Crippen molar-refractivity contribution in [1.82, 2.24) is 19.8 Å². The lowest BCUT2D eigenvalue weighted by Crippen LogP contribution is -2.41. The predicted molar refractivity (Wildman–Crippen MR) is 90.8 cm³/mol. The number of halogens is 3. The van der Waals surface area contributed by atoms with Crippen molar-refractivity contribution >= 4 is 23.3 Å². The molecule has 0 N–H and O–H groups in total. The normalized spacial score (nSPS) is 10.8. The number of amides is 1. The number of aromatic nitrogens is 4. The summed E-state index contributed by atoms with van der Waals surface area (Å²) in [5, 5.41) is 7.36. The maximum Gasteiger partial charge on any atom is 0.377 e. The number of rotatable bonds is 3. The molecule has 134 valence electrons. The Kier molecular flexibility index (Phi) is 4.81. The molecule has 0 fully saturated rings. The Labute approximate surface area is 151 Å². The third-order valence-corrected chi connectivity index (χ3v) is 3.85. The Hall–Kier alpha value is -3.07. The second kappa shape index (κ2) is 7.04. The molecule has 26 heavy (non-hydrogen) atoms. The lowest BCUT2D eigenvalue weighted by atomic mass is 10.3. The van der Waals surface area contributed by atoms with Gasteiger partial charge in [0.1, 0.15) is 5.69 Å². The third kappa shape index (κ3) is 3.08. The minimum atomic E-state index is -1.09. The van der Waals surface area contributed by atoms with Crippen LogP contribution in [-0.4, -0.2) is 32.4 Å². The molecule has 3 rings (SSSR count). The second-order valence-corrected chi connectivity index (χ2v) is 5.60. The van der Waals surface area contributed by atoms with E-state index in [0.717, 1.165) is 18.2 Å². The Morgan fingerprint density at radius 1 is 1.12 bits per heavy atom. The summed E-state index contributed by atoms with van der Waals surface area (Å²) in [5.74, 6) is -2.01. The third-order valence-electron chi connectivity index (χ3n) is 3.60. The second-order valence-electron chi connectivity index (χ2n) is 5.16. The molecule has 10 heteroatoms. The highest BCUT2D eigenvalue weighted by Gasteiger charge is 2.24. The Bertz CT molecular complexity index is 996. The summed E-state index contributed by atoms with van der Waals surface area (Å²) < 4.78 is 28.6. The van der Waals surface area contributed by atoms with Crippen LogP contribution in [0.15, 0.2) is 47.3 Å². The Morgan fingerprint density at radius 3 is 2.31 bits per heavy atom. The van der Waals surface area contributed by atoms with Crippen LogP contribution in [0.3, 0.4) is 0 Å². The number of carbonyl (C=O) groups excluding carboxylic acids is 1. The van der Waals surface area contributed by atoms with E-state index in [1.165, 1.54) is 4.90 Å². The maximum absolute atomic E-state index is 13.9. The van der Waals surface area contributed by atoms with Gasteiger partial charge in [0.15, 0.2) is 11.6 Å². The number of benzene rings is 2. The van der Waals surface area contributed by atoms with E-state index in [1.54, 1.807) is 31.2 Å². The maximum atomic E-state index is 13.9. The molecule has 0 aliphatic heterocycles. The highest BCUT2D eigenvalue weighted by Crippen LogP contribution is 2.19. The number of hydrogen-bond acceptors (Lipinski definition) is 4. The zero-order chi connectivity index (χ0) is 18.8. The van der Waals surface area contributed by atoms with Crippen LogP contribution < -0.4 is 10.6 Å². The van der Waals surface area contributed by atoms with E-state index in [9.17, 15) is 18.4 Å². The molecule has 2 aromatic carbocycles. The minimum absolute atomic E-state index is 0.216. The standard InChI is InChI=1S/C16H12ClF2N5O2/c1-2-22(11-8-6-10(17)7-9-11)15(25)24-16(26)23(20-21-24)14-12(18)4-3-5-13(14)19/h3-9H,2H2,1H3. The van der Waals surface area contributed by atoms with Crippen molar-refractivity contribution in [1.29, 1.82) is 0 Å². The molecule has 1 aromatic heterocycles. The van der Waals surface area contributed by atoms with Crippen molar-refractivity contribution in [2.24, 2.45) is 0 Å². The van der Waals surface area contributed by atoms with Crippen molar-refractivity contribution in [3.05, 3.63) is 69.6 Å². The molecule has 1 amide bonds. The summed E-state index contributed by atoms with van der Waals surface area (Å²) in [6.07, 6.45) is 0. The van der Waals surface area contributed by atoms with Gasteiger partial charge in [0, 0.05) is 17.3 Å². The van der Waals surface area contributed by atoms with Crippen molar-refractivity contribution in [2.45, 2.75) is 6.92 Å². The van der Waals surface area contributed by atoms with Gasteiger partial charge in [0.05, 0.1) is 0 Å². The van der Waals surface area contributed by atoms with Crippen LogP contribution in [0.5, 0.6) is 0 Å². The van der Waals surface area contributed by atoms with Gasteiger partial charge in [0.2, 0.25) is 0 Å². The molecule has 1 heterocycles. The number of carbonyl (C=O) groups is 1. The molecule has 3 aromatic rings. The predicted octanol–water partition coefficient (Wildman–Crippen LogP) is 2.86. The van der Waals surface area contributed by atoms with Crippen LogP contribution in [0.4, 0.5) is 19.3 Å². The van der Waals surface area contributed by atoms with Crippen LogP contribution in [-0.2, 0) is 0 Å². The smallest absolute Gasteiger partial charge is 0.293 e. The zero-order valence-corrected chi connectivity index (χ0v) is 14.2. The quantitative estimate of drug-likeness (QED) is 0.656. The van der Waals surface area contributed by atoms with E-state index in [4.69, 9.17) is 11.6 Å². The lowest BCUT2D eigenvalue weighted by molar-refractivity contribution is 0.244. The van der Waals surface area contributed by atoms with E-state index in [-0.39, 0.29) is 6.54 Å². The summed E-state index contributed by atoms with van der Waals surface area (Å²) in [6.45, 7) is 1.91. The van der Waals surface area contributed by atoms with E-state index in [2.05, 4.69) is 10.4 Å². The molecule has 0 atom stereocenters. The van der Waals surface area contributed by atoms with Gasteiger partial charge in [-0.2, -0.15) is 4.68 Å². The molecule has 0 spiro atoms. The van der Waals surface area contributed by atoms with Gasteiger partial charge < -0.3 is 0 Å². The summed E-state index contributed by atoms with van der Waals surface area (Å²) >= 11 is 5.83. The molecule has 0 saturated carbocycles. The number of tetrazole rings is 1. The summed E-state index contributed by atoms with van der Waals surface area (Å²) in [7, 11) is 0. The first-order valence-electron chi connectivity index (χ1n) is 7.51. The van der Waals surface area contributed by atoms with Gasteiger partial charge in [-0.25, -0.2) is 18.4 Å². The van der Waals surface area contributed by atoms with E-state index < -0.39 is 29.0 Å². The number of para-hydroxylation sites is 1. The SMILES string of the molecule is CCN(C(=O)n1nnn(-c2c(F)cccc2F)c1=O)c1ccc(Cl)cc1. The van der Waals surface area contributed by atoms with Crippen molar-refractivity contribution in [2.75, 3.05) is 11.4 Å². The summed E-state index contributed by atoms with van der Waals surface area (Å²) in [5.41, 5.74) is -1.32. The van der Waals surface area contributed by atoms with E-state index >= 15 is 0 Å². The molecule has 0 unspecified atom stereocenters. The highest BCUT2D eigenvalue weighted by molar-refractivity contribution is 6.30. The number of anilines is 1. The highest BCUT2D eigenvalue weighted by atomic mass is 35.5. The van der Waals surface area contributed by atoms with Gasteiger partial charge in [0.25, 0.3) is 0 Å². The first-order chi connectivity index (χ1) is 12.4. The average Bonchev–Trinajstić information content (AvgIpc) is 2.98. The molecule has 0 aliphatic carbocycles. The summed E-state index contributed by atoms with van der Waals surface area (Å²) in [4.78, 5) is 26.3. The fourth-order valence-electron chi connectivity index (χ4n) is 2.36. The molecular weight excluding hydrogens is 368 g/mol. The van der Waals surface area contributed by atoms with Gasteiger partial charge >= 0.3 is 11.7 Å². The van der Waals surface area contributed by atoms with Gasteiger partial charge in [-0.3, -0.25) is 4.90 Å². The largest absolute Gasteiger partial charge is 0.377 e. The summed E-state index contributed by atoms with van der Waals surface area (Å²) in [6, 6.07) is 8.63. The number of nitrogens with zero attached hydrogens (tertiary/aromatic N) is 5. The Balaban J connectivity index is 2.02. The zero-order valence-electron chi connectivity index (χ0n) is 13.4. The van der Waals surface area contributed by atoms with E-state index in [1.807, 2.05) is 0 Å². The van der Waals surface area contributed by atoms with Gasteiger partial charge in [-0.15, -0.1) is 4.68 Å². The Morgan fingerprint density at radius 2 is 1.73 bits per heavy atom. The minimum Gasteiger partial charge on any atom is -0.293 e. The van der Waals surface area contributed by atoms with Crippen LogP contribution in [0.1, 0.15) is 6.92 Å². The van der Waals surface area contributed by atoms with Gasteiger partial charge in [-0.1, -0.05) is 17.7 Å². The lowest BCUT2D eigenvalue weighted by Gasteiger charge is -2.19. The molecule has 0 saturated heterocycles. The molecule has 0 aliphatic rings. The van der Waals surface area contributed by atoms with Crippen molar-refractivity contribution in [3.8, 4) is 5.69 Å². The van der Waals surface area contributed by atoms with Crippen LogP contribution in [0.2, 0.25) is 5.02 Å². The topological polar surface area (TPSA) is 73.0 Å². The molecule has 7 nitrogen and oxygen atoms in total. The molecular formula is C16H12ClF2N5O2. The van der Waals surface area contributed by atoms with Gasteiger partial charge in [-0.05, 0) is 53.7 Å². The molecule has 0 radical (unpaired) electrons. The van der Waals surface area contributed by atoms with Crippen molar-refractivity contribution < 1.29 is 13.6 Å². The fourth-order valence-corrected chi connectivity index (χ4v) is 2.49. The number of hydrogen-bond donors (Lipinski definition) is 0. The first-order valence-corrected chi connectivity index (χ1v) is 7.88. The van der Waals surface area contributed by atoms with Crippen LogP contribution in [0, 0.1) is 11.6 Å². The van der Waals surface area contributed by atoms with Crippen LogP contribution >= 0.6 is 11.6 Å². The van der Waals surface area contributed by atoms with Crippen LogP contribution in [0.25, 0.3) is 5.69 Å². The van der Waals surface area contributed by atoms with E-state index in [0.29, 0.717) is 20.1 Å². The monoisotopic (exact) mass is 379 g/mol. The van der Waals surface area contributed by atoms with Crippen molar-refractivity contribution in [3.63, 3.8) is 0 Å².